The van der Waals surface area contributed by atoms with Crippen LogP contribution in [-0.2, 0) is 24.2 Å². The van der Waals surface area contributed by atoms with E-state index in [1.165, 1.54) is 21.3 Å². The molecule has 1 amide bonds. The van der Waals surface area contributed by atoms with Gasteiger partial charge in [0.15, 0.2) is 11.5 Å². The number of carbonyl (C=O) groups excluding carboxylic acids is 1. The smallest absolute Gasteiger partial charge is 0.303 e. The van der Waals surface area contributed by atoms with Crippen molar-refractivity contribution in [3.8, 4) is 34.5 Å². The second-order valence-corrected chi connectivity index (χ2v) is 9.40. The SMILES string of the molecule is COc1cc(OC)c(C(=O)NCc2cc(OCCc3nc(-c4ccccc4)oc3C)ccc2CCC(=O)O)cc1OC. The van der Waals surface area contributed by atoms with Gasteiger partial charge in [-0.1, -0.05) is 24.3 Å². The number of amides is 1. The Morgan fingerprint density at radius 1 is 0.881 bits per heavy atom. The van der Waals surface area contributed by atoms with Crippen molar-refractivity contribution in [3.63, 3.8) is 0 Å². The highest BCUT2D eigenvalue weighted by molar-refractivity contribution is 5.97. The maximum Gasteiger partial charge on any atom is 0.303 e. The van der Waals surface area contributed by atoms with Crippen molar-refractivity contribution >= 4 is 11.9 Å². The summed E-state index contributed by atoms with van der Waals surface area (Å²) < 4.78 is 27.9. The number of aryl methyl sites for hydroxylation is 2. The molecule has 220 valence electrons. The Bertz CT molecular complexity index is 1530. The summed E-state index contributed by atoms with van der Waals surface area (Å²) in [7, 11) is 4.45. The van der Waals surface area contributed by atoms with E-state index in [1.807, 2.05) is 49.4 Å². The summed E-state index contributed by atoms with van der Waals surface area (Å²) >= 11 is 0. The van der Waals surface area contributed by atoms with Gasteiger partial charge in [-0.05, 0) is 48.7 Å². The van der Waals surface area contributed by atoms with Gasteiger partial charge in [-0.25, -0.2) is 4.98 Å². The minimum absolute atomic E-state index is 0.0418. The molecule has 4 aromatic rings. The van der Waals surface area contributed by atoms with E-state index in [4.69, 9.17) is 23.4 Å². The number of methoxy groups -OCH3 is 3. The van der Waals surface area contributed by atoms with Crippen LogP contribution in [0.15, 0.2) is 65.1 Å². The number of hydrogen-bond donors (Lipinski definition) is 2. The van der Waals surface area contributed by atoms with E-state index >= 15 is 0 Å². The number of oxazole rings is 1. The summed E-state index contributed by atoms with van der Waals surface area (Å²) in [6.07, 6.45) is 0.800. The van der Waals surface area contributed by atoms with E-state index in [0.717, 1.165) is 28.1 Å². The largest absolute Gasteiger partial charge is 0.496 e. The Balaban J connectivity index is 1.46. The molecule has 0 atom stereocenters. The third kappa shape index (κ3) is 7.39. The summed E-state index contributed by atoms with van der Waals surface area (Å²) in [5, 5.41) is 12.1. The average Bonchev–Trinajstić information content (AvgIpc) is 3.38. The summed E-state index contributed by atoms with van der Waals surface area (Å²) in [6.45, 7) is 2.37. The lowest BCUT2D eigenvalue weighted by atomic mass is 10.0. The molecule has 10 heteroatoms. The monoisotopic (exact) mass is 574 g/mol. The predicted octanol–water partition coefficient (Wildman–Crippen LogP) is 5.24. The van der Waals surface area contributed by atoms with Crippen LogP contribution in [0, 0.1) is 6.92 Å². The minimum Gasteiger partial charge on any atom is -0.496 e. The molecular formula is C32H34N2O8. The first-order valence-corrected chi connectivity index (χ1v) is 13.4. The molecule has 4 rings (SSSR count). The van der Waals surface area contributed by atoms with Crippen molar-refractivity contribution in [2.45, 2.75) is 32.7 Å². The van der Waals surface area contributed by atoms with Crippen LogP contribution in [0.2, 0.25) is 0 Å². The molecule has 0 aliphatic heterocycles. The highest BCUT2D eigenvalue weighted by atomic mass is 16.5. The fourth-order valence-corrected chi connectivity index (χ4v) is 4.45. The Kier molecular flexibility index (Phi) is 10.0. The van der Waals surface area contributed by atoms with E-state index in [2.05, 4.69) is 10.3 Å². The second-order valence-electron chi connectivity index (χ2n) is 9.40. The van der Waals surface area contributed by atoms with Crippen LogP contribution in [0.1, 0.15) is 39.4 Å². The van der Waals surface area contributed by atoms with E-state index < -0.39 is 5.97 Å². The number of carboxylic acid groups (broad SMARTS) is 1. The Hall–Kier alpha value is -4.99. The molecule has 10 nitrogen and oxygen atoms in total. The molecule has 2 N–H and O–H groups in total. The number of benzene rings is 3. The van der Waals surface area contributed by atoms with Crippen molar-refractivity contribution in [2.24, 2.45) is 0 Å². The molecule has 42 heavy (non-hydrogen) atoms. The van der Waals surface area contributed by atoms with Gasteiger partial charge in [-0.2, -0.15) is 0 Å². The van der Waals surface area contributed by atoms with Gasteiger partial charge in [0.1, 0.15) is 17.3 Å². The van der Waals surface area contributed by atoms with Crippen molar-refractivity contribution in [2.75, 3.05) is 27.9 Å². The molecular weight excluding hydrogens is 540 g/mol. The molecule has 0 aliphatic carbocycles. The number of aliphatic carboxylic acids is 1. The molecule has 0 spiro atoms. The van der Waals surface area contributed by atoms with E-state index in [1.54, 1.807) is 18.2 Å². The molecule has 3 aromatic carbocycles. The van der Waals surface area contributed by atoms with Gasteiger partial charge in [0.2, 0.25) is 5.89 Å². The number of nitrogens with zero attached hydrogens (tertiary/aromatic N) is 1. The molecule has 0 fully saturated rings. The zero-order valence-corrected chi connectivity index (χ0v) is 24.1. The first kappa shape index (κ1) is 30.0. The van der Waals surface area contributed by atoms with Crippen molar-refractivity contribution in [1.29, 1.82) is 0 Å². The fourth-order valence-electron chi connectivity index (χ4n) is 4.45. The van der Waals surface area contributed by atoms with Crippen LogP contribution < -0.4 is 24.3 Å². The first-order valence-electron chi connectivity index (χ1n) is 13.4. The molecule has 1 heterocycles. The minimum atomic E-state index is -0.904. The highest BCUT2D eigenvalue weighted by Gasteiger charge is 2.19. The number of ether oxygens (including phenoxy) is 4. The van der Waals surface area contributed by atoms with Crippen LogP contribution >= 0.6 is 0 Å². The number of carboxylic acids is 1. The van der Waals surface area contributed by atoms with Crippen molar-refractivity contribution in [3.05, 3.63) is 88.8 Å². The van der Waals surface area contributed by atoms with Crippen LogP contribution in [0.5, 0.6) is 23.0 Å². The molecule has 0 saturated heterocycles. The van der Waals surface area contributed by atoms with Gasteiger partial charge in [-0.3, -0.25) is 9.59 Å². The van der Waals surface area contributed by atoms with Crippen LogP contribution in [0.4, 0.5) is 0 Å². The highest BCUT2D eigenvalue weighted by Crippen LogP contribution is 2.34. The number of rotatable bonds is 14. The Morgan fingerprint density at radius 3 is 2.29 bits per heavy atom. The molecule has 0 saturated carbocycles. The van der Waals surface area contributed by atoms with E-state index in [-0.39, 0.29) is 24.4 Å². The fraction of sp³-hybridized carbons (Fsp3) is 0.281. The van der Waals surface area contributed by atoms with Gasteiger partial charge in [-0.15, -0.1) is 0 Å². The number of carbonyl (C=O) groups is 2. The number of nitrogens with one attached hydrogen (secondary N) is 1. The first-order chi connectivity index (χ1) is 20.3. The summed E-state index contributed by atoms with van der Waals surface area (Å²) in [4.78, 5) is 29.0. The summed E-state index contributed by atoms with van der Waals surface area (Å²) in [5.74, 6) is 1.74. The maximum atomic E-state index is 13.2. The quantitative estimate of drug-likeness (QED) is 0.208. The third-order valence-corrected chi connectivity index (χ3v) is 6.70. The van der Waals surface area contributed by atoms with Crippen LogP contribution in [0.3, 0.4) is 0 Å². The molecule has 0 aliphatic rings. The number of aromatic nitrogens is 1. The van der Waals surface area contributed by atoms with Crippen LogP contribution in [0.25, 0.3) is 11.5 Å². The summed E-state index contributed by atoms with van der Waals surface area (Å²) in [5.41, 5.74) is 3.52. The van der Waals surface area contributed by atoms with Gasteiger partial charge in [0, 0.05) is 37.1 Å². The van der Waals surface area contributed by atoms with E-state index in [9.17, 15) is 14.7 Å². The maximum absolute atomic E-state index is 13.2. The normalized spacial score (nSPS) is 10.7. The number of hydrogen-bond acceptors (Lipinski definition) is 8. The predicted molar refractivity (Wildman–Crippen MR) is 156 cm³/mol. The van der Waals surface area contributed by atoms with Gasteiger partial charge in [0.25, 0.3) is 5.91 Å². The summed E-state index contributed by atoms with van der Waals surface area (Å²) in [6, 6.07) is 18.3. The Morgan fingerprint density at radius 2 is 1.60 bits per heavy atom. The zero-order valence-electron chi connectivity index (χ0n) is 24.1. The molecule has 0 unspecified atom stereocenters. The van der Waals surface area contributed by atoms with E-state index in [0.29, 0.717) is 48.3 Å². The topological polar surface area (TPSA) is 129 Å². The van der Waals surface area contributed by atoms with Gasteiger partial charge in [0.05, 0.1) is 39.2 Å². The molecule has 0 bridgehead atoms. The lowest BCUT2D eigenvalue weighted by Gasteiger charge is -2.16. The van der Waals surface area contributed by atoms with Crippen LogP contribution in [-0.4, -0.2) is 49.9 Å². The third-order valence-electron chi connectivity index (χ3n) is 6.70. The van der Waals surface area contributed by atoms with Crippen molar-refractivity contribution in [1.82, 2.24) is 10.3 Å². The lowest BCUT2D eigenvalue weighted by Crippen LogP contribution is -2.24. The standard InChI is InChI=1S/C32H34N2O8/c1-20-26(34-32(42-20)22-8-6-5-7-9-22)14-15-41-24-12-10-21(11-13-30(35)36)23(16-24)19-33-31(37)25-17-28(39-3)29(40-4)18-27(25)38-2/h5-10,12,16-18H,11,13-15,19H2,1-4H3,(H,33,37)(H,35,36). The lowest BCUT2D eigenvalue weighted by molar-refractivity contribution is -0.136. The zero-order chi connectivity index (χ0) is 30.1. The Labute approximate surface area is 244 Å². The van der Waals surface area contributed by atoms with Gasteiger partial charge < -0.3 is 33.8 Å². The average molecular weight is 575 g/mol. The van der Waals surface area contributed by atoms with Gasteiger partial charge >= 0.3 is 5.97 Å². The second kappa shape index (κ2) is 14.1. The molecule has 1 aromatic heterocycles. The molecule has 0 radical (unpaired) electrons. The van der Waals surface area contributed by atoms with Crippen molar-refractivity contribution < 1.29 is 38.1 Å².